The number of phosphoric acid groups is 1. The molecule has 0 saturated carbocycles. The van der Waals surface area contributed by atoms with Crippen LogP contribution in [0.25, 0.3) is 0 Å². The number of carbonyl (C=O) groups is 2. The summed E-state index contributed by atoms with van der Waals surface area (Å²) < 4.78 is 19.9. The van der Waals surface area contributed by atoms with Crippen molar-refractivity contribution in [3.05, 3.63) is 0 Å². The van der Waals surface area contributed by atoms with Gasteiger partial charge < -0.3 is 24.4 Å². The minimum atomic E-state index is -4.42. The van der Waals surface area contributed by atoms with E-state index in [0.717, 1.165) is 25.3 Å². The molecule has 1 amide bonds. The summed E-state index contributed by atoms with van der Waals surface area (Å²) >= 11 is 0.829. The first-order valence-electron chi connectivity index (χ1n) is 7.18. The number of carbonyl (C=O) groups excluding carboxylic acids is 2. The Morgan fingerprint density at radius 3 is 2.50 bits per heavy atom. The van der Waals surface area contributed by atoms with Crippen LogP contribution in [0.3, 0.4) is 0 Å². The van der Waals surface area contributed by atoms with Gasteiger partial charge in [-0.3, -0.25) is 14.2 Å². The maximum atomic E-state index is 11.9. The monoisotopic (exact) mass is 393 g/mol. The van der Waals surface area contributed by atoms with Gasteiger partial charge in [0.25, 0.3) is 7.82 Å². The zero-order valence-electron chi connectivity index (χ0n) is 14.9. The minimum absolute atomic E-state index is 0. The molecule has 0 bridgehead atoms. The molecule has 2 atom stereocenters. The largest absolute Gasteiger partial charge is 1.00 e. The van der Waals surface area contributed by atoms with Crippen molar-refractivity contribution in [1.29, 1.82) is 0 Å². The van der Waals surface area contributed by atoms with Crippen molar-refractivity contribution < 1.29 is 62.8 Å². The van der Waals surface area contributed by atoms with E-state index in [2.05, 4.69) is 14.4 Å². The van der Waals surface area contributed by atoms with E-state index in [0.29, 0.717) is 6.54 Å². The Kier molecular flexibility index (Phi) is 14.3. The molecule has 0 aliphatic rings. The minimum Gasteiger partial charge on any atom is -0.756 e. The normalized spacial score (nSPS) is 15.1. The summed E-state index contributed by atoms with van der Waals surface area (Å²) in [5.74, 6) is 0.0807. The fourth-order valence-electron chi connectivity index (χ4n) is 1.37. The van der Waals surface area contributed by atoms with E-state index in [9.17, 15) is 24.2 Å². The molecule has 0 fully saturated rings. The number of rotatable bonds is 11. The van der Waals surface area contributed by atoms with E-state index in [1.807, 2.05) is 6.92 Å². The van der Waals surface area contributed by atoms with Gasteiger partial charge in [-0.05, 0) is 6.42 Å². The predicted molar refractivity (Wildman–Crippen MR) is 85.7 cm³/mol. The van der Waals surface area contributed by atoms with Gasteiger partial charge in [0, 0.05) is 31.2 Å². The molecule has 2 unspecified atom stereocenters. The molecule has 24 heavy (non-hydrogen) atoms. The van der Waals surface area contributed by atoms with E-state index >= 15 is 0 Å². The van der Waals surface area contributed by atoms with Crippen molar-refractivity contribution in [2.75, 3.05) is 26.0 Å². The number of hydrogen-bond acceptors (Lipinski definition) is 8. The Morgan fingerprint density at radius 1 is 1.42 bits per heavy atom. The van der Waals surface area contributed by atoms with Gasteiger partial charge >= 0.3 is 29.6 Å². The van der Waals surface area contributed by atoms with Crippen molar-refractivity contribution in [2.24, 2.45) is 5.41 Å². The second kappa shape index (κ2) is 12.8. The van der Waals surface area contributed by atoms with Crippen molar-refractivity contribution in [3.8, 4) is 0 Å². The zero-order chi connectivity index (χ0) is 18.1. The van der Waals surface area contributed by atoms with Crippen molar-refractivity contribution in [1.82, 2.24) is 5.32 Å². The van der Waals surface area contributed by atoms with Crippen LogP contribution in [0.2, 0.25) is 0 Å². The van der Waals surface area contributed by atoms with Crippen LogP contribution in [0.15, 0.2) is 0 Å². The molecule has 0 aliphatic heterocycles. The summed E-state index contributed by atoms with van der Waals surface area (Å²) in [5.41, 5.74) is -1.12. The van der Waals surface area contributed by atoms with Crippen molar-refractivity contribution >= 4 is 30.6 Å². The van der Waals surface area contributed by atoms with Gasteiger partial charge in [-0.2, -0.15) is 0 Å². The molecule has 11 heteroatoms. The van der Waals surface area contributed by atoms with E-state index in [1.165, 1.54) is 13.8 Å². The third-order valence-electron chi connectivity index (χ3n) is 2.93. The van der Waals surface area contributed by atoms with Gasteiger partial charge in [0.15, 0.2) is 0 Å². The SMILES string of the molecule is CCCNC(=O)CCSC(=O)C(O)C(C)(C)COP(=O)([O-])OC.[Na+]. The molecule has 8 nitrogen and oxygen atoms in total. The van der Waals surface area contributed by atoms with Gasteiger partial charge in [0.2, 0.25) is 11.0 Å². The average molecular weight is 393 g/mol. The van der Waals surface area contributed by atoms with Gasteiger partial charge in [0.05, 0.1) is 6.61 Å². The number of aliphatic hydroxyl groups excluding tert-OH is 1. The summed E-state index contributed by atoms with van der Waals surface area (Å²) in [6.07, 6.45) is -0.432. The molecule has 0 aromatic carbocycles. The molecule has 136 valence electrons. The summed E-state index contributed by atoms with van der Waals surface area (Å²) in [6, 6.07) is 0. The maximum absolute atomic E-state index is 11.9. The number of hydrogen-bond donors (Lipinski definition) is 2. The van der Waals surface area contributed by atoms with Crippen LogP contribution >= 0.6 is 19.6 Å². The summed E-state index contributed by atoms with van der Waals surface area (Å²) in [7, 11) is -3.46. The Labute approximate surface area is 169 Å². The number of aliphatic hydroxyl groups is 1. The van der Waals surface area contributed by atoms with Crippen LogP contribution in [-0.4, -0.2) is 48.2 Å². The smallest absolute Gasteiger partial charge is 0.756 e. The molecule has 0 saturated heterocycles. The topological polar surface area (TPSA) is 125 Å². The molecule has 0 aromatic rings. The molecule has 0 rings (SSSR count). The quantitative estimate of drug-likeness (QED) is 0.296. The average Bonchev–Trinajstić information content (AvgIpc) is 2.50. The second-order valence-corrected chi connectivity index (χ2v) is 8.18. The first-order valence-corrected chi connectivity index (χ1v) is 9.63. The molecule has 0 radical (unpaired) electrons. The van der Waals surface area contributed by atoms with Gasteiger partial charge in [-0.25, -0.2) is 0 Å². The maximum Gasteiger partial charge on any atom is 1.00 e. The molecule has 2 N–H and O–H groups in total. The van der Waals surface area contributed by atoms with Crippen molar-refractivity contribution in [3.63, 3.8) is 0 Å². The van der Waals surface area contributed by atoms with E-state index in [1.54, 1.807) is 0 Å². The van der Waals surface area contributed by atoms with Crippen molar-refractivity contribution in [2.45, 2.75) is 39.7 Å². The van der Waals surface area contributed by atoms with Gasteiger partial charge in [-0.15, -0.1) is 0 Å². The molecular formula is C13H25NNaO7PS. The first-order chi connectivity index (χ1) is 10.6. The Balaban J connectivity index is 0. The van der Waals surface area contributed by atoms with Crippen LogP contribution in [0, 0.1) is 5.41 Å². The van der Waals surface area contributed by atoms with Crippen LogP contribution in [0.5, 0.6) is 0 Å². The second-order valence-electron chi connectivity index (χ2n) is 5.56. The van der Waals surface area contributed by atoms with Crippen LogP contribution in [0.4, 0.5) is 0 Å². The summed E-state index contributed by atoms with van der Waals surface area (Å²) in [5, 5.41) is 12.2. The van der Waals surface area contributed by atoms with Crippen LogP contribution in [-0.2, 0) is 23.2 Å². The van der Waals surface area contributed by atoms with E-state index < -0.39 is 31.1 Å². The summed E-state index contributed by atoms with van der Waals surface area (Å²) in [6.45, 7) is 5.12. The predicted octanol–water partition coefficient (Wildman–Crippen LogP) is -2.31. The first kappa shape index (κ1) is 26.8. The fraction of sp³-hybridized carbons (Fsp3) is 0.846. The third kappa shape index (κ3) is 11.2. The molecule has 0 aromatic heterocycles. The number of phosphoric ester groups is 1. The molecule has 0 heterocycles. The van der Waals surface area contributed by atoms with Gasteiger partial charge in [0.1, 0.15) is 6.10 Å². The number of thioether (sulfide) groups is 1. The van der Waals surface area contributed by atoms with E-state index in [4.69, 9.17) is 0 Å². The number of nitrogens with one attached hydrogen (secondary N) is 1. The fourth-order valence-corrected chi connectivity index (χ4v) is 2.93. The Bertz CT molecular complexity index is 450. The Morgan fingerprint density at radius 2 is 2.00 bits per heavy atom. The van der Waals surface area contributed by atoms with Gasteiger partial charge in [-0.1, -0.05) is 32.5 Å². The standard InChI is InChI=1S/C13H26NO7PS.Na/c1-5-7-14-10(15)6-8-23-12(17)11(16)13(2,3)9-21-22(18,19)20-4;/h11,16H,5-9H2,1-4H3,(H,14,15)(H,18,19);/q;+1/p-1. The van der Waals surface area contributed by atoms with E-state index in [-0.39, 0.29) is 47.6 Å². The van der Waals surface area contributed by atoms with Crippen LogP contribution in [0.1, 0.15) is 33.6 Å². The Hall–Kier alpha value is 0.560. The number of amides is 1. The molecular weight excluding hydrogens is 368 g/mol. The zero-order valence-corrected chi connectivity index (χ0v) is 18.6. The summed E-state index contributed by atoms with van der Waals surface area (Å²) in [4.78, 5) is 34.5. The third-order valence-corrected chi connectivity index (χ3v) is 4.74. The molecule has 0 spiro atoms. The molecule has 0 aliphatic carbocycles. The van der Waals surface area contributed by atoms with Crippen LogP contribution < -0.4 is 39.8 Å².